The molecule has 0 aliphatic rings. The molecule has 1 aromatic rings. The Bertz CT molecular complexity index is 347. The highest BCUT2D eigenvalue weighted by molar-refractivity contribution is 5.43. The summed E-state index contributed by atoms with van der Waals surface area (Å²) in [5.74, 6) is 2.02. The van der Waals surface area contributed by atoms with Gasteiger partial charge in [-0.15, -0.1) is 0 Å². The van der Waals surface area contributed by atoms with Gasteiger partial charge in [-0.1, -0.05) is 19.9 Å². The van der Waals surface area contributed by atoms with Gasteiger partial charge in [-0.3, -0.25) is 0 Å². The number of methoxy groups -OCH3 is 2. The molecule has 0 radical (unpaired) electrons. The van der Waals surface area contributed by atoms with Crippen molar-refractivity contribution in [1.82, 2.24) is 0 Å². The van der Waals surface area contributed by atoms with Crippen molar-refractivity contribution in [3.05, 3.63) is 23.8 Å². The van der Waals surface area contributed by atoms with Crippen molar-refractivity contribution in [3.8, 4) is 11.5 Å². The Morgan fingerprint density at radius 2 is 1.76 bits per heavy atom. The van der Waals surface area contributed by atoms with Crippen LogP contribution in [-0.4, -0.2) is 26.9 Å². The van der Waals surface area contributed by atoms with E-state index in [9.17, 15) is 0 Å². The lowest BCUT2D eigenvalue weighted by atomic mass is 10.0. The Morgan fingerprint density at radius 1 is 1.06 bits per heavy atom. The van der Waals surface area contributed by atoms with E-state index < -0.39 is 0 Å². The van der Waals surface area contributed by atoms with Crippen molar-refractivity contribution in [2.24, 2.45) is 0 Å². The molecule has 1 rings (SSSR count). The summed E-state index contributed by atoms with van der Waals surface area (Å²) >= 11 is 0. The van der Waals surface area contributed by atoms with E-state index in [0.717, 1.165) is 11.5 Å². The summed E-state index contributed by atoms with van der Waals surface area (Å²) in [6, 6.07) is 6.06. The van der Waals surface area contributed by atoms with E-state index in [4.69, 9.17) is 14.2 Å². The fourth-order valence-electron chi connectivity index (χ4n) is 1.63. The summed E-state index contributed by atoms with van der Waals surface area (Å²) in [5, 5.41) is 0. The molecule has 0 unspecified atom stereocenters. The normalized spacial score (nSPS) is 12.6. The van der Waals surface area contributed by atoms with Crippen LogP contribution in [0, 0.1) is 0 Å². The number of rotatable bonds is 6. The van der Waals surface area contributed by atoms with Gasteiger partial charge in [0, 0.05) is 7.11 Å². The molecule has 0 heterocycles. The Kier molecular flexibility index (Phi) is 5.29. The third-order valence-electron chi connectivity index (χ3n) is 2.58. The first-order chi connectivity index (χ1) is 8.08. The monoisotopic (exact) mass is 238 g/mol. The predicted octanol–water partition coefficient (Wildman–Crippen LogP) is 3.23. The highest BCUT2D eigenvalue weighted by Gasteiger charge is 2.11. The van der Waals surface area contributed by atoms with Gasteiger partial charge < -0.3 is 14.2 Å². The standard InChI is InChI=1S/C14H22O3/c1-10(2)12-6-7-13(14(8-12)16-5)17-11(3)9-15-4/h6-8,10-11H,9H2,1-5H3/t11-/m0/s1. The van der Waals surface area contributed by atoms with E-state index in [0.29, 0.717) is 12.5 Å². The van der Waals surface area contributed by atoms with Crippen molar-refractivity contribution in [2.75, 3.05) is 20.8 Å². The van der Waals surface area contributed by atoms with Gasteiger partial charge in [0.2, 0.25) is 0 Å². The first-order valence-corrected chi connectivity index (χ1v) is 5.92. The topological polar surface area (TPSA) is 27.7 Å². The Labute approximate surface area is 104 Å². The molecule has 0 N–H and O–H groups in total. The third kappa shape index (κ3) is 3.93. The first kappa shape index (κ1) is 13.8. The Balaban J connectivity index is 2.85. The molecule has 0 saturated heterocycles. The minimum absolute atomic E-state index is 0.0128. The van der Waals surface area contributed by atoms with Crippen LogP contribution in [0.3, 0.4) is 0 Å². The van der Waals surface area contributed by atoms with Crippen LogP contribution in [0.5, 0.6) is 11.5 Å². The van der Waals surface area contributed by atoms with Crippen LogP contribution in [0.4, 0.5) is 0 Å². The minimum atomic E-state index is 0.0128. The molecular weight excluding hydrogens is 216 g/mol. The lowest BCUT2D eigenvalue weighted by molar-refractivity contribution is 0.0899. The molecule has 0 aliphatic heterocycles. The van der Waals surface area contributed by atoms with Crippen molar-refractivity contribution in [3.63, 3.8) is 0 Å². The molecule has 0 amide bonds. The maximum absolute atomic E-state index is 5.76. The minimum Gasteiger partial charge on any atom is -0.493 e. The quantitative estimate of drug-likeness (QED) is 0.761. The fourth-order valence-corrected chi connectivity index (χ4v) is 1.63. The molecule has 0 aromatic heterocycles. The highest BCUT2D eigenvalue weighted by atomic mass is 16.5. The molecule has 0 bridgehead atoms. The Morgan fingerprint density at radius 3 is 2.29 bits per heavy atom. The van der Waals surface area contributed by atoms with E-state index in [-0.39, 0.29) is 6.10 Å². The lowest BCUT2D eigenvalue weighted by Gasteiger charge is -2.17. The number of hydrogen-bond donors (Lipinski definition) is 0. The van der Waals surface area contributed by atoms with Crippen LogP contribution >= 0.6 is 0 Å². The van der Waals surface area contributed by atoms with Gasteiger partial charge in [0.15, 0.2) is 11.5 Å². The van der Waals surface area contributed by atoms with Crippen LogP contribution < -0.4 is 9.47 Å². The van der Waals surface area contributed by atoms with Crippen LogP contribution in [0.25, 0.3) is 0 Å². The van der Waals surface area contributed by atoms with Crippen molar-refractivity contribution >= 4 is 0 Å². The number of benzene rings is 1. The van der Waals surface area contributed by atoms with Gasteiger partial charge in [-0.05, 0) is 30.5 Å². The second-order valence-corrected chi connectivity index (χ2v) is 4.45. The van der Waals surface area contributed by atoms with Crippen LogP contribution in [0.2, 0.25) is 0 Å². The van der Waals surface area contributed by atoms with Crippen LogP contribution in [0.1, 0.15) is 32.3 Å². The molecule has 17 heavy (non-hydrogen) atoms. The van der Waals surface area contributed by atoms with Gasteiger partial charge in [0.05, 0.1) is 13.7 Å². The molecule has 0 spiro atoms. The lowest BCUT2D eigenvalue weighted by Crippen LogP contribution is -2.18. The number of hydrogen-bond acceptors (Lipinski definition) is 3. The van der Waals surface area contributed by atoms with E-state index in [1.54, 1.807) is 14.2 Å². The van der Waals surface area contributed by atoms with Gasteiger partial charge in [-0.2, -0.15) is 0 Å². The molecule has 0 saturated carbocycles. The largest absolute Gasteiger partial charge is 0.493 e. The molecule has 3 heteroatoms. The molecular formula is C14H22O3. The predicted molar refractivity (Wildman–Crippen MR) is 69.0 cm³/mol. The molecule has 1 aromatic carbocycles. The van der Waals surface area contributed by atoms with Crippen LogP contribution in [-0.2, 0) is 4.74 Å². The van der Waals surface area contributed by atoms with Gasteiger partial charge in [0.25, 0.3) is 0 Å². The van der Waals surface area contributed by atoms with Gasteiger partial charge >= 0.3 is 0 Å². The second kappa shape index (κ2) is 6.50. The molecule has 3 nitrogen and oxygen atoms in total. The van der Waals surface area contributed by atoms with Crippen molar-refractivity contribution < 1.29 is 14.2 Å². The van der Waals surface area contributed by atoms with E-state index in [1.165, 1.54) is 5.56 Å². The SMILES string of the molecule is COC[C@H](C)Oc1ccc(C(C)C)cc1OC. The number of ether oxygens (including phenoxy) is 3. The summed E-state index contributed by atoms with van der Waals surface area (Å²) in [6.07, 6.45) is 0.0128. The van der Waals surface area contributed by atoms with E-state index in [1.807, 2.05) is 19.1 Å². The van der Waals surface area contributed by atoms with Gasteiger partial charge in [0.1, 0.15) is 6.10 Å². The average molecular weight is 238 g/mol. The van der Waals surface area contributed by atoms with Gasteiger partial charge in [-0.25, -0.2) is 0 Å². The summed E-state index contributed by atoms with van der Waals surface area (Å²) in [4.78, 5) is 0. The maximum Gasteiger partial charge on any atom is 0.161 e. The van der Waals surface area contributed by atoms with E-state index >= 15 is 0 Å². The maximum atomic E-state index is 5.76. The average Bonchev–Trinajstić information content (AvgIpc) is 2.29. The second-order valence-electron chi connectivity index (χ2n) is 4.45. The smallest absolute Gasteiger partial charge is 0.161 e. The molecule has 0 fully saturated rings. The summed E-state index contributed by atoms with van der Waals surface area (Å²) in [5.41, 5.74) is 1.24. The zero-order valence-electron chi connectivity index (χ0n) is 11.3. The zero-order valence-corrected chi connectivity index (χ0v) is 11.3. The first-order valence-electron chi connectivity index (χ1n) is 5.92. The molecule has 0 aliphatic carbocycles. The molecule has 1 atom stereocenters. The highest BCUT2D eigenvalue weighted by Crippen LogP contribution is 2.31. The van der Waals surface area contributed by atoms with Crippen molar-refractivity contribution in [1.29, 1.82) is 0 Å². The zero-order chi connectivity index (χ0) is 12.8. The third-order valence-corrected chi connectivity index (χ3v) is 2.58. The van der Waals surface area contributed by atoms with E-state index in [2.05, 4.69) is 19.9 Å². The van der Waals surface area contributed by atoms with Crippen LogP contribution in [0.15, 0.2) is 18.2 Å². The van der Waals surface area contributed by atoms with Crippen molar-refractivity contribution in [2.45, 2.75) is 32.8 Å². The molecule has 96 valence electrons. The summed E-state index contributed by atoms with van der Waals surface area (Å²) in [6.45, 7) is 6.85. The summed E-state index contributed by atoms with van der Waals surface area (Å²) in [7, 11) is 3.33. The summed E-state index contributed by atoms with van der Waals surface area (Å²) < 4.78 is 16.2. The fraction of sp³-hybridized carbons (Fsp3) is 0.571. The Hall–Kier alpha value is -1.22.